The average molecular weight is 492 g/mol. The third-order valence-electron chi connectivity index (χ3n) is 9.36. The second-order valence-electron chi connectivity index (χ2n) is 12.2. The normalized spacial score (nSPS) is 31.0. The fourth-order valence-corrected chi connectivity index (χ4v) is 6.90. The van der Waals surface area contributed by atoms with Gasteiger partial charge in [0.05, 0.1) is 5.56 Å². The molecule has 6 atom stereocenters. The number of carbonyl (C=O) groups is 1. The predicted molar refractivity (Wildman–Crippen MR) is 132 cm³/mol. The van der Waals surface area contributed by atoms with Gasteiger partial charge < -0.3 is 10.4 Å². The van der Waals surface area contributed by atoms with Crippen LogP contribution in [0, 0.1) is 29.1 Å². The molecule has 35 heavy (non-hydrogen) atoms. The standard InChI is InChI=1S/C29H40F3NO2/c1-17(2)26(15-20-8-11-22-16-24(20)28(22,3)4)33-25-12-5-18(14-27(34)35)13-23(25)19-6-9-21(10-7-19)29(30,31)32/h6-10,17-18,22-26,33H,5,11-16H2,1-4H3,(H,34,35)/t18-,22?,23+,24?,25-,26?/m1/s1. The van der Waals surface area contributed by atoms with Gasteiger partial charge in [-0.2, -0.15) is 13.2 Å². The molecule has 5 rings (SSSR count). The van der Waals surface area contributed by atoms with Crippen LogP contribution < -0.4 is 5.32 Å². The topological polar surface area (TPSA) is 49.3 Å². The molecule has 194 valence electrons. The lowest BCUT2D eigenvalue weighted by Gasteiger charge is -2.57. The van der Waals surface area contributed by atoms with E-state index >= 15 is 0 Å². The third-order valence-corrected chi connectivity index (χ3v) is 9.36. The number of halogens is 3. The lowest BCUT2D eigenvalue weighted by molar-refractivity contribution is -0.139. The summed E-state index contributed by atoms with van der Waals surface area (Å²) in [7, 11) is 0. The van der Waals surface area contributed by atoms with E-state index < -0.39 is 17.7 Å². The molecule has 2 fully saturated rings. The molecule has 0 aromatic heterocycles. The smallest absolute Gasteiger partial charge is 0.416 e. The highest BCUT2D eigenvalue weighted by molar-refractivity contribution is 5.67. The molecule has 0 saturated heterocycles. The SMILES string of the molecule is CC(C)C(CC1=CCC2CC1C2(C)C)N[C@@H]1CC[C@@H](CC(=O)O)C[C@H]1c1ccc(C(F)(F)F)cc1. The number of fused-ring (bicyclic) bond motifs is 1. The van der Waals surface area contributed by atoms with E-state index in [1.165, 1.54) is 6.42 Å². The van der Waals surface area contributed by atoms with Gasteiger partial charge in [0.15, 0.2) is 0 Å². The molecule has 0 heterocycles. The Hall–Kier alpha value is -1.82. The second-order valence-corrected chi connectivity index (χ2v) is 12.2. The number of carboxylic acids is 1. The molecule has 0 aliphatic heterocycles. The van der Waals surface area contributed by atoms with Crippen molar-refractivity contribution >= 4 is 5.97 Å². The summed E-state index contributed by atoms with van der Waals surface area (Å²) in [6.45, 7) is 9.25. The molecular weight excluding hydrogens is 451 g/mol. The monoisotopic (exact) mass is 491 g/mol. The predicted octanol–water partition coefficient (Wildman–Crippen LogP) is 7.43. The highest BCUT2D eigenvalue weighted by Gasteiger charge is 2.51. The van der Waals surface area contributed by atoms with Gasteiger partial charge in [0.1, 0.15) is 0 Å². The molecule has 1 aromatic rings. The summed E-state index contributed by atoms with van der Waals surface area (Å²) in [5.41, 5.74) is 2.17. The summed E-state index contributed by atoms with van der Waals surface area (Å²) in [5, 5.41) is 13.3. The number of rotatable bonds is 8. The first kappa shape index (κ1) is 26.2. The molecule has 4 aliphatic rings. The van der Waals surface area contributed by atoms with Crippen LogP contribution in [-0.4, -0.2) is 23.2 Å². The van der Waals surface area contributed by atoms with Gasteiger partial charge in [0, 0.05) is 18.5 Å². The zero-order valence-corrected chi connectivity index (χ0v) is 21.4. The number of allylic oxidation sites excluding steroid dienone is 1. The average Bonchev–Trinajstić information content (AvgIpc) is 2.78. The highest BCUT2D eigenvalue weighted by atomic mass is 19.4. The number of alkyl halides is 3. The van der Waals surface area contributed by atoms with Crippen molar-refractivity contribution in [1.29, 1.82) is 0 Å². The summed E-state index contributed by atoms with van der Waals surface area (Å²) in [5.74, 6) is 1.11. The van der Waals surface area contributed by atoms with Crippen LogP contribution in [0.1, 0.15) is 89.7 Å². The first-order valence-corrected chi connectivity index (χ1v) is 13.2. The molecule has 2 bridgehead atoms. The van der Waals surface area contributed by atoms with Crippen LogP contribution in [-0.2, 0) is 11.0 Å². The largest absolute Gasteiger partial charge is 0.481 e. The highest BCUT2D eigenvalue weighted by Crippen LogP contribution is 2.60. The van der Waals surface area contributed by atoms with E-state index in [1.807, 2.05) is 0 Å². The molecule has 6 heteroatoms. The van der Waals surface area contributed by atoms with Crippen LogP contribution in [0.5, 0.6) is 0 Å². The van der Waals surface area contributed by atoms with Gasteiger partial charge in [0.2, 0.25) is 0 Å². The van der Waals surface area contributed by atoms with Gasteiger partial charge in [-0.25, -0.2) is 0 Å². The lowest BCUT2D eigenvalue weighted by atomic mass is 9.48. The van der Waals surface area contributed by atoms with Crippen LogP contribution in [0.3, 0.4) is 0 Å². The number of hydrogen-bond donors (Lipinski definition) is 2. The Morgan fingerprint density at radius 3 is 2.37 bits per heavy atom. The maximum absolute atomic E-state index is 13.1. The van der Waals surface area contributed by atoms with Crippen molar-refractivity contribution in [3.8, 4) is 0 Å². The number of benzene rings is 1. The van der Waals surface area contributed by atoms with Gasteiger partial charge in [-0.05, 0) is 91.2 Å². The Morgan fingerprint density at radius 2 is 1.83 bits per heavy atom. The Bertz CT molecular complexity index is 934. The number of carboxylic acid groups (broad SMARTS) is 1. The Morgan fingerprint density at radius 1 is 1.14 bits per heavy atom. The van der Waals surface area contributed by atoms with Crippen LogP contribution in [0.2, 0.25) is 0 Å². The van der Waals surface area contributed by atoms with E-state index in [0.717, 1.165) is 49.3 Å². The van der Waals surface area contributed by atoms with Crippen molar-refractivity contribution in [2.75, 3.05) is 0 Å². The van der Waals surface area contributed by atoms with Crippen LogP contribution >= 0.6 is 0 Å². The second kappa shape index (κ2) is 9.91. The van der Waals surface area contributed by atoms with Gasteiger partial charge >= 0.3 is 12.1 Å². The summed E-state index contributed by atoms with van der Waals surface area (Å²) in [6.07, 6.45) is 4.01. The fourth-order valence-electron chi connectivity index (χ4n) is 6.90. The molecule has 0 radical (unpaired) electrons. The summed E-state index contributed by atoms with van der Waals surface area (Å²) in [4.78, 5) is 11.4. The fraction of sp³-hybridized carbons (Fsp3) is 0.690. The molecule has 2 N–H and O–H groups in total. The van der Waals surface area contributed by atoms with Crippen molar-refractivity contribution in [2.24, 2.45) is 29.1 Å². The van der Waals surface area contributed by atoms with E-state index in [1.54, 1.807) is 17.7 Å². The number of nitrogens with one attached hydrogen (secondary N) is 1. The molecule has 0 amide bonds. The minimum atomic E-state index is -4.36. The van der Waals surface area contributed by atoms with Gasteiger partial charge in [-0.15, -0.1) is 0 Å². The molecule has 1 aromatic carbocycles. The molecule has 3 nitrogen and oxygen atoms in total. The summed E-state index contributed by atoms with van der Waals surface area (Å²) >= 11 is 0. The van der Waals surface area contributed by atoms with Gasteiger partial charge in [0.25, 0.3) is 0 Å². The minimum absolute atomic E-state index is 0.00138. The Balaban J connectivity index is 1.53. The number of aliphatic carboxylic acids is 1. The van der Waals surface area contributed by atoms with E-state index in [-0.39, 0.29) is 30.3 Å². The van der Waals surface area contributed by atoms with E-state index in [2.05, 4.69) is 39.1 Å². The van der Waals surface area contributed by atoms with Crippen molar-refractivity contribution in [2.45, 2.75) is 96.8 Å². The Labute approximate surface area is 207 Å². The van der Waals surface area contributed by atoms with Crippen molar-refractivity contribution < 1.29 is 23.1 Å². The van der Waals surface area contributed by atoms with E-state index in [9.17, 15) is 23.1 Å². The zero-order valence-electron chi connectivity index (χ0n) is 21.4. The molecule has 4 aliphatic carbocycles. The molecule has 0 spiro atoms. The maximum atomic E-state index is 13.1. The quantitative estimate of drug-likeness (QED) is 0.372. The number of hydrogen-bond acceptors (Lipinski definition) is 2. The van der Waals surface area contributed by atoms with Gasteiger partial charge in [-0.1, -0.05) is 51.5 Å². The summed E-state index contributed by atoms with van der Waals surface area (Å²) < 4.78 is 39.4. The first-order valence-electron chi connectivity index (χ1n) is 13.2. The van der Waals surface area contributed by atoms with E-state index in [0.29, 0.717) is 23.7 Å². The van der Waals surface area contributed by atoms with Crippen molar-refractivity contribution in [3.05, 3.63) is 47.0 Å². The minimum Gasteiger partial charge on any atom is -0.481 e. The van der Waals surface area contributed by atoms with Crippen LogP contribution in [0.15, 0.2) is 35.9 Å². The molecule has 2 saturated carbocycles. The van der Waals surface area contributed by atoms with Crippen LogP contribution in [0.25, 0.3) is 0 Å². The van der Waals surface area contributed by atoms with Crippen molar-refractivity contribution in [3.63, 3.8) is 0 Å². The molecule has 3 unspecified atom stereocenters. The first-order chi connectivity index (χ1) is 16.4. The van der Waals surface area contributed by atoms with Crippen LogP contribution in [0.4, 0.5) is 13.2 Å². The maximum Gasteiger partial charge on any atom is 0.416 e. The molecular formula is C29H40F3NO2. The Kier molecular flexibility index (Phi) is 7.43. The lowest BCUT2D eigenvalue weighted by Crippen LogP contribution is -2.51. The van der Waals surface area contributed by atoms with Gasteiger partial charge in [-0.3, -0.25) is 4.79 Å². The van der Waals surface area contributed by atoms with E-state index in [4.69, 9.17) is 0 Å². The zero-order chi connectivity index (χ0) is 25.5. The summed E-state index contributed by atoms with van der Waals surface area (Å²) in [6, 6.07) is 5.92. The van der Waals surface area contributed by atoms with Crippen molar-refractivity contribution in [1.82, 2.24) is 5.32 Å². The third kappa shape index (κ3) is 5.63.